The number of para-hydroxylation sites is 1. The number of aryl methyl sites for hydroxylation is 1. The van der Waals surface area contributed by atoms with Crippen LogP contribution < -0.4 is 9.46 Å². The summed E-state index contributed by atoms with van der Waals surface area (Å²) in [5.74, 6) is 0.601. The second-order valence-electron chi connectivity index (χ2n) is 6.16. The van der Waals surface area contributed by atoms with Crippen LogP contribution in [0, 0.1) is 6.92 Å². The summed E-state index contributed by atoms with van der Waals surface area (Å²) in [7, 11) is -2.18. The number of benzene rings is 3. The zero-order chi connectivity index (χ0) is 19.4. The van der Waals surface area contributed by atoms with Gasteiger partial charge in [0.05, 0.1) is 18.0 Å². The van der Waals surface area contributed by atoms with Crippen LogP contribution in [-0.2, 0) is 10.0 Å². The van der Waals surface area contributed by atoms with Gasteiger partial charge in [-0.2, -0.15) is 4.72 Å². The van der Waals surface area contributed by atoms with Gasteiger partial charge in [0.2, 0.25) is 10.0 Å². The highest BCUT2D eigenvalue weighted by atomic mass is 35.5. The Bertz CT molecular complexity index is 1020. The van der Waals surface area contributed by atoms with Gasteiger partial charge in [0, 0.05) is 10.6 Å². The van der Waals surface area contributed by atoms with Crippen molar-refractivity contribution in [3.8, 4) is 5.75 Å². The van der Waals surface area contributed by atoms with Gasteiger partial charge < -0.3 is 4.74 Å². The minimum Gasteiger partial charge on any atom is -0.496 e. The van der Waals surface area contributed by atoms with Crippen LogP contribution in [0.25, 0.3) is 0 Å². The Balaban J connectivity index is 2.07. The number of hydrogen-bond donors (Lipinski definition) is 1. The Morgan fingerprint density at radius 1 is 0.926 bits per heavy atom. The van der Waals surface area contributed by atoms with Gasteiger partial charge in [-0.25, -0.2) is 8.42 Å². The molecule has 6 heteroatoms. The lowest BCUT2D eigenvalue weighted by atomic mass is 9.99. The molecule has 0 aliphatic carbocycles. The van der Waals surface area contributed by atoms with Crippen LogP contribution in [0.15, 0.2) is 77.7 Å². The maximum absolute atomic E-state index is 13.0. The van der Waals surface area contributed by atoms with E-state index in [0.717, 1.165) is 16.7 Å². The summed E-state index contributed by atoms with van der Waals surface area (Å²) in [5, 5.41) is 0.582. The Kier molecular flexibility index (Phi) is 5.85. The topological polar surface area (TPSA) is 55.4 Å². The SMILES string of the molecule is COc1ccccc1C(NS(=O)(=O)c1ccc(C)cc1)c1ccc(Cl)cc1. The van der Waals surface area contributed by atoms with Gasteiger partial charge in [0.15, 0.2) is 0 Å². The van der Waals surface area contributed by atoms with Gasteiger partial charge in [-0.3, -0.25) is 0 Å². The minimum absolute atomic E-state index is 0.210. The molecule has 0 amide bonds. The Labute approximate surface area is 164 Å². The first-order valence-electron chi connectivity index (χ1n) is 8.38. The third-order valence-corrected chi connectivity index (χ3v) is 5.95. The summed E-state index contributed by atoms with van der Waals surface area (Å²) in [5.41, 5.74) is 2.48. The fourth-order valence-electron chi connectivity index (χ4n) is 2.81. The van der Waals surface area contributed by atoms with Gasteiger partial charge in [-0.15, -0.1) is 0 Å². The summed E-state index contributed by atoms with van der Waals surface area (Å²) < 4.78 is 34.2. The van der Waals surface area contributed by atoms with Crippen molar-refractivity contribution in [2.45, 2.75) is 17.9 Å². The standard InChI is InChI=1S/C21H20ClNO3S/c1-15-7-13-18(14-8-15)27(24,25)23-21(16-9-11-17(22)12-10-16)19-5-3-4-6-20(19)26-2/h3-14,21,23H,1-2H3. The Morgan fingerprint density at radius 2 is 1.56 bits per heavy atom. The van der Waals surface area contributed by atoms with Crippen LogP contribution in [0.2, 0.25) is 5.02 Å². The fourth-order valence-corrected chi connectivity index (χ4v) is 4.14. The number of halogens is 1. The van der Waals surface area contributed by atoms with E-state index in [9.17, 15) is 8.42 Å². The van der Waals surface area contributed by atoms with E-state index in [0.29, 0.717) is 10.8 Å². The van der Waals surface area contributed by atoms with Crippen molar-refractivity contribution in [3.05, 3.63) is 94.5 Å². The molecular weight excluding hydrogens is 382 g/mol. The summed E-state index contributed by atoms with van der Waals surface area (Å²) in [6, 6.07) is 20.5. The predicted molar refractivity (Wildman–Crippen MR) is 108 cm³/mol. The van der Waals surface area contributed by atoms with Crippen LogP contribution in [0.3, 0.4) is 0 Å². The van der Waals surface area contributed by atoms with Crippen LogP contribution >= 0.6 is 11.6 Å². The quantitative estimate of drug-likeness (QED) is 0.649. The molecule has 0 saturated carbocycles. The Hall–Kier alpha value is -2.34. The molecular formula is C21H20ClNO3S. The molecule has 1 unspecified atom stereocenters. The third kappa shape index (κ3) is 4.50. The highest BCUT2D eigenvalue weighted by Gasteiger charge is 2.25. The van der Waals surface area contributed by atoms with E-state index < -0.39 is 16.1 Å². The van der Waals surface area contributed by atoms with E-state index in [-0.39, 0.29) is 4.90 Å². The normalized spacial score (nSPS) is 12.6. The van der Waals surface area contributed by atoms with E-state index in [1.807, 2.05) is 25.1 Å². The van der Waals surface area contributed by atoms with Crippen molar-refractivity contribution in [1.82, 2.24) is 4.72 Å². The number of hydrogen-bond acceptors (Lipinski definition) is 3. The molecule has 1 atom stereocenters. The van der Waals surface area contributed by atoms with E-state index in [2.05, 4.69) is 4.72 Å². The van der Waals surface area contributed by atoms with E-state index >= 15 is 0 Å². The summed E-state index contributed by atoms with van der Waals surface area (Å²) in [6.45, 7) is 1.91. The van der Waals surface area contributed by atoms with Crippen molar-refractivity contribution in [3.63, 3.8) is 0 Å². The molecule has 140 valence electrons. The van der Waals surface area contributed by atoms with Crippen molar-refractivity contribution in [2.75, 3.05) is 7.11 Å². The molecule has 0 radical (unpaired) electrons. The number of nitrogens with one attached hydrogen (secondary N) is 1. The number of rotatable bonds is 6. The van der Waals surface area contributed by atoms with Gasteiger partial charge in [0.25, 0.3) is 0 Å². The lowest BCUT2D eigenvalue weighted by Crippen LogP contribution is -2.29. The van der Waals surface area contributed by atoms with Crippen LogP contribution in [-0.4, -0.2) is 15.5 Å². The first-order chi connectivity index (χ1) is 12.9. The van der Waals surface area contributed by atoms with Crippen molar-refractivity contribution < 1.29 is 13.2 Å². The largest absolute Gasteiger partial charge is 0.496 e. The molecule has 3 rings (SSSR count). The van der Waals surface area contributed by atoms with Crippen LogP contribution in [0.5, 0.6) is 5.75 Å². The molecule has 0 aliphatic rings. The minimum atomic E-state index is -3.75. The molecule has 3 aromatic carbocycles. The second kappa shape index (κ2) is 8.13. The lowest BCUT2D eigenvalue weighted by Gasteiger charge is -2.22. The smallest absolute Gasteiger partial charge is 0.241 e. The van der Waals surface area contributed by atoms with Gasteiger partial charge >= 0.3 is 0 Å². The monoisotopic (exact) mass is 401 g/mol. The predicted octanol–water partition coefficient (Wildman–Crippen LogP) is 4.72. The molecule has 0 fully saturated rings. The van der Waals surface area contributed by atoms with Crippen LogP contribution in [0.1, 0.15) is 22.7 Å². The maximum Gasteiger partial charge on any atom is 0.241 e. The average molecular weight is 402 g/mol. The molecule has 0 aromatic heterocycles. The van der Waals surface area contributed by atoms with E-state index in [4.69, 9.17) is 16.3 Å². The number of ether oxygens (including phenoxy) is 1. The van der Waals surface area contributed by atoms with E-state index in [1.54, 1.807) is 61.7 Å². The van der Waals surface area contributed by atoms with Crippen molar-refractivity contribution in [1.29, 1.82) is 0 Å². The molecule has 0 bridgehead atoms. The third-order valence-electron chi connectivity index (χ3n) is 4.26. The summed E-state index contributed by atoms with van der Waals surface area (Å²) in [4.78, 5) is 0.210. The highest BCUT2D eigenvalue weighted by Crippen LogP contribution is 2.32. The molecule has 0 aliphatic heterocycles. The zero-order valence-corrected chi connectivity index (χ0v) is 16.6. The van der Waals surface area contributed by atoms with Crippen molar-refractivity contribution >= 4 is 21.6 Å². The number of methoxy groups -OCH3 is 1. The second-order valence-corrected chi connectivity index (χ2v) is 8.31. The first-order valence-corrected chi connectivity index (χ1v) is 10.2. The van der Waals surface area contributed by atoms with Gasteiger partial charge in [-0.1, -0.05) is 59.6 Å². The first kappa shape index (κ1) is 19.4. The molecule has 0 saturated heterocycles. The molecule has 27 heavy (non-hydrogen) atoms. The molecule has 1 N–H and O–H groups in total. The summed E-state index contributed by atoms with van der Waals surface area (Å²) >= 11 is 6.00. The fraction of sp³-hybridized carbons (Fsp3) is 0.143. The zero-order valence-electron chi connectivity index (χ0n) is 15.0. The summed E-state index contributed by atoms with van der Waals surface area (Å²) in [6.07, 6.45) is 0. The average Bonchev–Trinajstić information content (AvgIpc) is 2.67. The Morgan fingerprint density at radius 3 is 2.19 bits per heavy atom. The molecule has 0 spiro atoms. The lowest BCUT2D eigenvalue weighted by molar-refractivity contribution is 0.406. The number of sulfonamides is 1. The van der Waals surface area contributed by atoms with Crippen molar-refractivity contribution in [2.24, 2.45) is 0 Å². The van der Waals surface area contributed by atoms with Gasteiger partial charge in [0.1, 0.15) is 5.75 Å². The van der Waals surface area contributed by atoms with Gasteiger partial charge in [-0.05, 0) is 42.8 Å². The molecule has 4 nitrogen and oxygen atoms in total. The van der Waals surface area contributed by atoms with Crippen LogP contribution in [0.4, 0.5) is 0 Å². The highest BCUT2D eigenvalue weighted by molar-refractivity contribution is 7.89. The molecule has 0 heterocycles. The van der Waals surface area contributed by atoms with E-state index in [1.165, 1.54) is 0 Å². The molecule has 3 aromatic rings. The maximum atomic E-state index is 13.0.